The highest BCUT2D eigenvalue weighted by molar-refractivity contribution is 5.85. The van der Waals surface area contributed by atoms with Gasteiger partial charge in [-0.25, -0.2) is 0 Å². The zero-order valence-corrected chi connectivity index (χ0v) is 14.8. The van der Waals surface area contributed by atoms with Crippen molar-refractivity contribution in [3.05, 3.63) is 71.3 Å². The molecule has 4 nitrogen and oxygen atoms in total. The smallest absolute Gasteiger partial charge is 0.225 e. The molecule has 0 aromatic heterocycles. The Kier molecular flexibility index (Phi) is 7.92. The first kappa shape index (κ1) is 20.2. The number of hydrogen-bond acceptors (Lipinski definition) is 3. The SMILES string of the molecule is CC(O)c1ccc(CNC(=O)C(C)C(N)c2ccccc2)cc1.Cl. The molecule has 4 N–H and O–H groups in total. The number of benzene rings is 2. The molecule has 3 atom stereocenters. The standard InChI is InChI=1S/C19H24N2O2.ClH/c1-13(18(20)17-6-4-3-5-7-17)19(23)21-12-15-8-10-16(11-9-15)14(2)22;/h3-11,13-14,18,22H,12,20H2,1-2H3,(H,21,23);1H. The average Bonchev–Trinajstić information content (AvgIpc) is 2.59. The fourth-order valence-corrected chi connectivity index (χ4v) is 2.39. The lowest BCUT2D eigenvalue weighted by Crippen LogP contribution is -2.35. The molecule has 0 bridgehead atoms. The van der Waals surface area contributed by atoms with Crippen molar-refractivity contribution in [3.8, 4) is 0 Å². The van der Waals surface area contributed by atoms with E-state index in [4.69, 9.17) is 5.73 Å². The molecule has 0 aliphatic carbocycles. The number of carbonyl (C=O) groups excluding carboxylic acids is 1. The van der Waals surface area contributed by atoms with Gasteiger partial charge in [-0.1, -0.05) is 61.5 Å². The van der Waals surface area contributed by atoms with Gasteiger partial charge in [0.05, 0.1) is 12.0 Å². The van der Waals surface area contributed by atoms with E-state index in [1.165, 1.54) is 0 Å². The average molecular weight is 349 g/mol. The summed E-state index contributed by atoms with van der Waals surface area (Å²) in [5.41, 5.74) is 8.98. The van der Waals surface area contributed by atoms with Gasteiger partial charge in [-0.3, -0.25) is 4.79 Å². The van der Waals surface area contributed by atoms with Gasteiger partial charge in [0.1, 0.15) is 0 Å². The van der Waals surface area contributed by atoms with Gasteiger partial charge in [-0.05, 0) is 23.6 Å². The Bertz CT molecular complexity index is 630. The minimum absolute atomic E-state index is 0. The molecule has 24 heavy (non-hydrogen) atoms. The monoisotopic (exact) mass is 348 g/mol. The van der Waals surface area contributed by atoms with Crippen LogP contribution in [0.4, 0.5) is 0 Å². The van der Waals surface area contributed by atoms with Gasteiger partial charge in [0, 0.05) is 12.6 Å². The summed E-state index contributed by atoms with van der Waals surface area (Å²) in [6.07, 6.45) is -0.484. The van der Waals surface area contributed by atoms with Crippen molar-refractivity contribution in [1.29, 1.82) is 0 Å². The molecule has 0 heterocycles. The van der Waals surface area contributed by atoms with E-state index < -0.39 is 6.10 Å². The molecule has 130 valence electrons. The highest BCUT2D eigenvalue weighted by Gasteiger charge is 2.21. The molecule has 2 aromatic carbocycles. The third-order valence-corrected chi connectivity index (χ3v) is 4.07. The van der Waals surface area contributed by atoms with Crippen LogP contribution in [-0.4, -0.2) is 11.0 Å². The molecule has 0 fully saturated rings. The van der Waals surface area contributed by atoms with Gasteiger partial charge in [0.2, 0.25) is 5.91 Å². The Morgan fingerprint density at radius 3 is 2.17 bits per heavy atom. The van der Waals surface area contributed by atoms with Crippen molar-refractivity contribution in [3.63, 3.8) is 0 Å². The van der Waals surface area contributed by atoms with Gasteiger partial charge in [0.15, 0.2) is 0 Å². The zero-order valence-electron chi connectivity index (χ0n) is 14.0. The first-order chi connectivity index (χ1) is 11.0. The van der Waals surface area contributed by atoms with Gasteiger partial charge < -0.3 is 16.2 Å². The van der Waals surface area contributed by atoms with Gasteiger partial charge >= 0.3 is 0 Å². The Labute approximate surface area is 149 Å². The Morgan fingerprint density at radius 2 is 1.62 bits per heavy atom. The summed E-state index contributed by atoms with van der Waals surface area (Å²) in [6.45, 7) is 4.01. The molecule has 0 aliphatic heterocycles. The topological polar surface area (TPSA) is 75.3 Å². The molecule has 3 unspecified atom stereocenters. The maximum absolute atomic E-state index is 12.3. The highest BCUT2D eigenvalue weighted by atomic mass is 35.5. The number of aliphatic hydroxyl groups is 1. The Balaban J connectivity index is 0.00000288. The minimum atomic E-state index is -0.484. The van der Waals surface area contributed by atoms with E-state index in [9.17, 15) is 9.90 Å². The number of rotatable bonds is 6. The second kappa shape index (κ2) is 9.42. The van der Waals surface area contributed by atoms with E-state index in [2.05, 4.69) is 5.32 Å². The number of nitrogens with two attached hydrogens (primary N) is 1. The number of amides is 1. The first-order valence-corrected chi connectivity index (χ1v) is 7.84. The summed E-state index contributed by atoms with van der Waals surface area (Å²) in [7, 11) is 0. The Hall–Kier alpha value is -1.88. The van der Waals surface area contributed by atoms with Crippen LogP contribution in [0.25, 0.3) is 0 Å². The maximum Gasteiger partial charge on any atom is 0.225 e. The lowest BCUT2D eigenvalue weighted by Gasteiger charge is -2.20. The van der Waals surface area contributed by atoms with E-state index >= 15 is 0 Å². The second-order valence-electron chi connectivity index (χ2n) is 5.86. The van der Waals surface area contributed by atoms with Gasteiger partial charge in [-0.2, -0.15) is 0 Å². The predicted molar refractivity (Wildman–Crippen MR) is 98.7 cm³/mol. The van der Waals surface area contributed by atoms with E-state index in [0.717, 1.165) is 16.7 Å². The van der Waals surface area contributed by atoms with Crippen LogP contribution in [0.2, 0.25) is 0 Å². The van der Waals surface area contributed by atoms with Crippen molar-refractivity contribution in [1.82, 2.24) is 5.32 Å². The van der Waals surface area contributed by atoms with E-state index in [-0.39, 0.29) is 30.3 Å². The number of carbonyl (C=O) groups is 1. The first-order valence-electron chi connectivity index (χ1n) is 7.84. The van der Waals surface area contributed by atoms with Gasteiger partial charge in [0.25, 0.3) is 0 Å². The number of aliphatic hydroxyl groups excluding tert-OH is 1. The van der Waals surface area contributed by atoms with Crippen LogP contribution in [0.3, 0.4) is 0 Å². The molecule has 5 heteroatoms. The van der Waals surface area contributed by atoms with E-state index in [1.54, 1.807) is 6.92 Å². The van der Waals surface area contributed by atoms with Crippen molar-refractivity contribution in [2.45, 2.75) is 32.5 Å². The molecular weight excluding hydrogens is 324 g/mol. The quantitative estimate of drug-likeness (QED) is 0.750. The molecule has 0 saturated heterocycles. The van der Waals surface area contributed by atoms with Crippen LogP contribution in [0, 0.1) is 5.92 Å². The largest absolute Gasteiger partial charge is 0.389 e. The summed E-state index contributed by atoms with van der Waals surface area (Å²) in [4.78, 5) is 12.3. The van der Waals surface area contributed by atoms with E-state index in [0.29, 0.717) is 6.54 Å². The summed E-state index contributed by atoms with van der Waals surface area (Å²) in [5, 5.41) is 12.4. The summed E-state index contributed by atoms with van der Waals surface area (Å²) >= 11 is 0. The zero-order chi connectivity index (χ0) is 16.8. The highest BCUT2D eigenvalue weighted by Crippen LogP contribution is 2.19. The molecule has 1 amide bonds. The molecule has 0 saturated carbocycles. The third-order valence-electron chi connectivity index (χ3n) is 4.07. The fraction of sp³-hybridized carbons (Fsp3) is 0.316. The molecule has 2 rings (SSSR count). The van der Waals surface area contributed by atoms with Crippen molar-refractivity contribution in [2.75, 3.05) is 0 Å². The summed E-state index contributed by atoms with van der Waals surface area (Å²) < 4.78 is 0. The number of nitrogens with one attached hydrogen (secondary N) is 1. The van der Waals surface area contributed by atoms with Crippen molar-refractivity contribution < 1.29 is 9.90 Å². The lowest BCUT2D eigenvalue weighted by atomic mass is 9.94. The van der Waals surface area contributed by atoms with Crippen LogP contribution in [0.1, 0.15) is 42.7 Å². The minimum Gasteiger partial charge on any atom is -0.389 e. The van der Waals surface area contributed by atoms with Crippen LogP contribution < -0.4 is 11.1 Å². The fourth-order valence-electron chi connectivity index (χ4n) is 2.39. The van der Waals surface area contributed by atoms with Crippen LogP contribution >= 0.6 is 12.4 Å². The molecule has 0 spiro atoms. The summed E-state index contributed by atoms with van der Waals surface area (Å²) in [6, 6.07) is 16.9. The molecule has 0 radical (unpaired) electrons. The van der Waals surface area contributed by atoms with Crippen molar-refractivity contribution in [2.24, 2.45) is 11.7 Å². The Morgan fingerprint density at radius 1 is 1.04 bits per heavy atom. The van der Waals surface area contributed by atoms with Gasteiger partial charge in [-0.15, -0.1) is 12.4 Å². The predicted octanol–water partition coefficient (Wildman–Crippen LogP) is 3.11. The number of hydrogen-bond donors (Lipinski definition) is 3. The second-order valence-corrected chi connectivity index (χ2v) is 5.86. The third kappa shape index (κ3) is 5.34. The van der Waals surface area contributed by atoms with Crippen LogP contribution in [-0.2, 0) is 11.3 Å². The molecule has 2 aromatic rings. The molecule has 0 aliphatic rings. The van der Waals surface area contributed by atoms with Crippen LogP contribution in [0.15, 0.2) is 54.6 Å². The molecular formula is C19H25ClN2O2. The van der Waals surface area contributed by atoms with Crippen LogP contribution in [0.5, 0.6) is 0 Å². The normalized spacial score (nSPS) is 14.2. The number of halogens is 1. The lowest BCUT2D eigenvalue weighted by molar-refractivity contribution is -0.125. The van der Waals surface area contributed by atoms with E-state index in [1.807, 2.05) is 61.5 Å². The summed E-state index contributed by atoms with van der Waals surface area (Å²) in [5.74, 6) is -0.380. The van der Waals surface area contributed by atoms with Crippen molar-refractivity contribution >= 4 is 18.3 Å². The maximum atomic E-state index is 12.3.